The van der Waals surface area contributed by atoms with E-state index < -0.39 is 24.0 Å². The van der Waals surface area contributed by atoms with Crippen LogP contribution in [0, 0.1) is 23.1 Å². The molecule has 3 rings (SSSR count). The van der Waals surface area contributed by atoms with Gasteiger partial charge in [-0.3, -0.25) is 9.79 Å². The van der Waals surface area contributed by atoms with E-state index in [-0.39, 0.29) is 17.4 Å². The van der Waals surface area contributed by atoms with E-state index in [0.717, 1.165) is 0 Å². The fraction of sp³-hybridized carbons (Fsp3) is 0.320. The van der Waals surface area contributed by atoms with Gasteiger partial charge in [0, 0.05) is 42.8 Å². The summed E-state index contributed by atoms with van der Waals surface area (Å²) in [5.74, 6) is -1.23. The van der Waals surface area contributed by atoms with Crippen molar-refractivity contribution in [1.82, 2.24) is 4.90 Å². The molecule has 0 spiro atoms. The highest BCUT2D eigenvalue weighted by molar-refractivity contribution is 5.99. The molecule has 0 aromatic heterocycles. The average molecular weight is 450 g/mol. The van der Waals surface area contributed by atoms with Crippen molar-refractivity contribution in [3.05, 3.63) is 76.7 Å². The number of halogens is 1. The van der Waals surface area contributed by atoms with E-state index in [0.29, 0.717) is 28.9 Å². The molecule has 2 aromatic carbocycles. The van der Waals surface area contributed by atoms with Crippen LogP contribution in [0.5, 0.6) is 0 Å². The average Bonchev–Trinajstić information content (AvgIpc) is 2.80. The van der Waals surface area contributed by atoms with E-state index >= 15 is 0 Å². The molecule has 1 aliphatic heterocycles. The summed E-state index contributed by atoms with van der Waals surface area (Å²) in [7, 11) is 1.61. The zero-order valence-corrected chi connectivity index (χ0v) is 18.9. The third kappa shape index (κ3) is 4.89. The monoisotopic (exact) mass is 449 g/mol. The second-order valence-electron chi connectivity index (χ2n) is 8.36. The van der Waals surface area contributed by atoms with Crippen LogP contribution in [0.4, 0.5) is 10.1 Å². The zero-order valence-electron chi connectivity index (χ0n) is 18.9. The minimum atomic E-state index is -1.18. The smallest absolute Gasteiger partial charge is 0.254 e. The number of carbonyl (C=O) groups excluding carboxylic acids is 1. The largest absolute Gasteiger partial charge is 0.404 e. The number of anilines is 1. The topological polar surface area (TPSA) is 115 Å². The number of carbonyl (C=O) groups is 1. The molecular formula is C25H28FN5O2. The Morgan fingerprint density at radius 1 is 1.36 bits per heavy atom. The van der Waals surface area contributed by atoms with Crippen LogP contribution in [0.15, 0.2) is 59.2 Å². The van der Waals surface area contributed by atoms with Crippen molar-refractivity contribution in [3.63, 3.8) is 0 Å². The molecule has 1 heterocycles. The van der Waals surface area contributed by atoms with Gasteiger partial charge in [-0.2, -0.15) is 5.26 Å². The fourth-order valence-corrected chi connectivity index (χ4v) is 4.28. The maximum absolute atomic E-state index is 13.8. The molecule has 7 nitrogen and oxygen atoms in total. The quantitative estimate of drug-likeness (QED) is 0.443. The minimum absolute atomic E-state index is 0.134. The van der Waals surface area contributed by atoms with Gasteiger partial charge in [0.15, 0.2) is 0 Å². The number of nitrogens with one attached hydrogen (secondary N) is 1. The molecule has 8 heteroatoms. The van der Waals surface area contributed by atoms with Crippen LogP contribution in [-0.2, 0) is 0 Å². The SMILES string of the molecule is CN=CC(=CN)[C@@H]1[C@@H](C(O)Nc2ccc(F)c(C#N)c2)c2ccccc2C(=O)N1CC(C)C. The van der Waals surface area contributed by atoms with E-state index in [1.807, 2.05) is 26.0 Å². The van der Waals surface area contributed by atoms with Gasteiger partial charge in [0.05, 0.1) is 17.5 Å². The van der Waals surface area contributed by atoms with Crippen LogP contribution in [0.2, 0.25) is 0 Å². The van der Waals surface area contributed by atoms with Crippen molar-refractivity contribution < 1.29 is 14.3 Å². The highest BCUT2D eigenvalue weighted by Gasteiger charge is 2.44. The summed E-state index contributed by atoms with van der Waals surface area (Å²) in [4.78, 5) is 19.3. The number of benzene rings is 2. The third-order valence-electron chi connectivity index (χ3n) is 5.60. The van der Waals surface area contributed by atoms with Gasteiger partial charge in [0.25, 0.3) is 5.91 Å². The Bertz CT molecular complexity index is 1120. The Morgan fingerprint density at radius 3 is 2.73 bits per heavy atom. The maximum Gasteiger partial charge on any atom is 0.254 e. The van der Waals surface area contributed by atoms with Crippen molar-refractivity contribution in [2.75, 3.05) is 18.9 Å². The number of amides is 1. The highest BCUT2D eigenvalue weighted by atomic mass is 19.1. The van der Waals surface area contributed by atoms with Crippen molar-refractivity contribution in [3.8, 4) is 6.07 Å². The van der Waals surface area contributed by atoms with Crippen molar-refractivity contribution in [2.45, 2.75) is 32.0 Å². The first-order valence-electron chi connectivity index (χ1n) is 10.7. The number of rotatable bonds is 7. The van der Waals surface area contributed by atoms with Crippen LogP contribution in [0.1, 0.15) is 41.3 Å². The summed E-state index contributed by atoms with van der Waals surface area (Å²) < 4.78 is 13.8. The van der Waals surface area contributed by atoms with Gasteiger partial charge >= 0.3 is 0 Å². The number of nitriles is 1. The molecule has 0 bridgehead atoms. The molecule has 0 saturated carbocycles. The van der Waals surface area contributed by atoms with E-state index in [4.69, 9.17) is 11.0 Å². The predicted octanol–water partition coefficient (Wildman–Crippen LogP) is 3.24. The highest BCUT2D eigenvalue weighted by Crippen LogP contribution is 2.39. The second kappa shape index (κ2) is 10.3. The van der Waals surface area contributed by atoms with E-state index in [2.05, 4.69) is 10.3 Å². The van der Waals surface area contributed by atoms with Crippen LogP contribution in [0.3, 0.4) is 0 Å². The van der Waals surface area contributed by atoms with Gasteiger partial charge in [0.2, 0.25) is 0 Å². The first-order chi connectivity index (χ1) is 15.8. The summed E-state index contributed by atoms with van der Waals surface area (Å²) in [6.07, 6.45) is 1.80. The van der Waals surface area contributed by atoms with Crippen LogP contribution >= 0.6 is 0 Å². The zero-order chi connectivity index (χ0) is 24.1. The Morgan fingerprint density at radius 2 is 2.09 bits per heavy atom. The van der Waals surface area contributed by atoms with Crippen LogP contribution in [-0.4, -0.2) is 48.0 Å². The molecule has 0 saturated heterocycles. The molecule has 2 aromatic rings. The lowest BCUT2D eigenvalue weighted by Crippen LogP contribution is -2.54. The number of hydrogen-bond donors (Lipinski definition) is 3. The lowest BCUT2D eigenvalue weighted by atomic mass is 9.78. The molecule has 33 heavy (non-hydrogen) atoms. The van der Waals surface area contributed by atoms with E-state index in [1.165, 1.54) is 24.4 Å². The van der Waals surface area contributed by atoms with Gasteiger partial charge in [-0.1, -0.05) is 32.0 Å². The minimum Gasteiger partial charge on any atom is -0.404 e. The summed E-state index contributed by atoms with van der Waals surface area (Å²) in [6.45, 7) is 4.47. The van der Waals surface area contributed by atoms with Gasteiger partial charge in [-0.25, -0.2) is 4.39 Å². The van der Waals surface area contributed by atoms with Gasteiger partial charge in [-0.15, -0.1) is 0 Å². The lowest BCUT2D eigenvalue weighted by molar-refractivity contribution is 0.0521. The summed E-state index contributed by atoms with van der Waals surface area (Å²) in [6, 6.07) is 12.3. The summed E-state index contributed by atoms with van der Waals surface area (Å²) >= 11 is 0. The fourth-order valence-electron chi connectivity index (χ4n) is 4.28. The van der Waals surface area contributed by atoms with Crippen LogP contribution in [0.25, 0.3) is 0 Å². The lowest BCUT2D eigenvalue weighted by Gasteiger charge is -2.45. The second-order valence-corrected chi connectivity index (χ2v) is 8.36. The molecule has 3 atom stereocenters. The van der Waals surface area contributed by atoms with Gasteiger partial charge in [0.1, 0.15) is 18.1 Å². The molecule has 4 N–H and O–H groups in total. The Kier molecular flexibility index (Phi) is 7.46. The number of nitrogens with zero attached hydrogens (tertiary/aromatic N) is 3. The molecule has 0 fully saturated rings. The molecule has 1 unspecified atom stereocenters. The normalized spacial score (nSPS) is 19.5. The summed E-state index contributed by atoms with van der Waals surface area (Å²) in [5.41, 5.74) is 7.95. The number of fused-ring (bicyclic) bond motifs is 1. The van der Waals surface area contributed by atoms with Crippen LogP contribution < -0.4 is 11.1 Å². The molecule has 0 radical (unpaired) electrons. The van der Waals surface area contributed by atoms with E-state index in [1.54, 1.807) is 36.4 Å². The Labute approximate surface area is 193 Å². The molecule has 1 amide bonds. The van der Waals surface area contributed by atoms with Gasteiger partial charge in [-0.05, 0) is 35.7 Å². The standard InChI is InChI=1S/C25H28FN5O2/c1-15(2)14-31-23(17(12-28)13-29-3)22(19-6-4-5-7-20(19)25(31)33)24(32)30-18-8-9-21(26)16(10-18)11-27/h4-10,12-13,15,22-24,30,32H,14,28H2,1-3H3/t22-,23+,24?/m0/s1. The first-order valence-corrected chi connectivity index (χ1v) is 10.7. The molecule has 1 aliphatic rings. The van der Waals surface area contributed by atoms with Crippen molar-refractivity contribution in [2.24, 2.45) is 16.6 Å². The van der Waals surface area contributed by atoms with Crippen molar-refractivity contribution >= 4 is 17.8 Å². The number of aliphatic imine (C=N–C) groups is 1. The first kappa shape index (κ1) is 24.0. The summed E-state index contributed by atoms with van der Waals surface area (Å²) in [5, 5.41) is 23.5. The molecule has 172 valence electrons. The van der Waals surface area contributed by atoms with Gasteiger partial charge < -0.3 is 21.1 Å². The molecule has 0 aliphatic carbocycles. The predicted molar refractivity (Wildman–Crippen MR) is 126 cm³/mol. The number of nitrogens with two attached hydrogens (primary N) is 1. The molecular weight excluding hydrogens is 421 g/mol. The Balaban J connectivity index is 2.13. The van der Waals surface area contributed by atoms with Crippen molar-refractivity contribution in [1.29, 1.82) is 5.26 Å². The maximum atomic E-state index is 13.8. The number of aliphatic hydroxyl groups is 1. The Hall–Kier alpha value is -3.70. The third-order valence-corrected chi connectivity index (χ3v) is 5.60. The number of aliphatic hydroxyl groups excluding tert-OH is 1. The number of hydrogen-bond acceptors (Lipinski definition) is 6. The van der Waals surface area contributed by atoms with E-state index in [9.17, 15) is 14.3 Å².